The number of halogens is 4. The normalized spacial score (nSPS) is 12.4. The van der Waals surface area contributed by atoms with Gasteiger partial charge in [0.25, 0.3) is 0 Å². The zero-order valence-electron chi connectivity index (χ0n) is 11.5. The van der Waals surface area contributed by atoms with Crippen molar-refractivity contribution in [2.75, 3.05) is 6.54 Å². The number of nitrogens with one attached hydrogen (secondary N) is 1. The Labute approximate surface area is 126 Å². The number of benzene rings is 2. The molecule has 1 unspecified atom stereocenters. The van der Waals surface area contributed by atoms with Gasteiger partial charge in [0.15, 0.2) is 0 Å². The van der Waals surface area contributed by atoms with E-state index in [9.17, 15) is 13.2 Å². The molecule has 0 heterocycles. The first-order chi connectivity index (χ1) is 10.0. The summed E-state index contributed by atoms with van der Waals surface area (Å²) in [6.07, 6.45) is 0.149. The summed E-state index contributed by atoms with van der Waals surface area (Å²) in [4.78, 5) is 0. The van der Waals surface area contributed by atoms with E-state index >= 15 is 0 Å². The molecule has 0 saturated carbocycles. The minimum Gasteiger partial charge on any atom is -0.310 e. The molecule has 0 fully saturated rings. The van der Waals surface area contributed by atoms with Gasteiger partial charge in [-0.15, -0.1) is 0 Å². The van der Waals surface area contributed by atoms with Crippen LogP contribution in [-0.2, 0) is 6.42 Å². The van der Waals surface area contributed by atoms with Gasteiger partial charge in [-0.3, -0.25) is 0 Å². The van der Waals surface area contributed by atoms with Crippen LogP contribution < -0.4 is 5.32 Å². The molecule has 0 aliphatic heterocycles. The standard InChI is InChI=1S/C16H15ClF3N/c1-2-21-16(13-5-3-11(17)9-15(13)20)8-10-7-12(18)4-6-14(10)19/h3-7,9,16,21H,2,8H2,1H3. The molecule has 21 heavy (non-hydrogen) atoms. The molecule has 2 aromatic carbocycles. The minimum atomic E-state index is -0.516. The second kappa shape index (κ2) is 6.96. The van der Waals surface area contributed by atoms with Gasteiger partial charge in [0, 0.05) is 16.6 Å². The average molecular weight is 314 g/mol. The van der Waals surface area contributed by atoms with E-state index in [2.05, 4.69) is 5.32 Å². The zero-order chi connectivity index (χ0) is 15.4. The second-order valence-electron chi connectivity index (χ2n) is 4.72. The molecule has 0 radical (unpaired) electrons. The fourth-order valence-corrected chi connectivity index (χ4v) is 2.40. The predicted octanol–water partition coefficient (Wildman–Crippen LogP) is 4.65. The van der Waals surface area contributed by atoms with Gasteiger partial charge in [0.1, 0.15) is 17.5 Å². The Balaban J connectivity index is 2.32. The molecular weight excluding hydrogens is 299 g/mol. The number of rotatable bonds is 5. The lowest BCUT2D eigenvalue weighted by Crippen LogP contribution is -2.24. The van der Waals surface area contributed by atoms with Crippen molar-refractivity contribution in [1.29, 1.82) is 0 Å². The first kappa shape index (κ1) is 15.9. The summed E-state index contributed by atoms with van der Waals surface area (Å²) >= 11 is 5.73. The van der Waals surface area contributed by atoms with Crippen LogP contribution in [0.4, 0.5) is 13.2 Å². The summed E-state index contributed by atoms with van der Waals surface area (Å²) in [6, 6.07) is 7.16. The monoisotopic (exact) mass is 313 g/mol. The fraction of sp³-hybridized carbons (Fsp3) is 0.250. The summed E-state index contributed by atoms with van der Waals surface area (Å²) in [6.45, 7) is 2.44. The predicted molar refractivity (Wildman–Crippen MR) is 77.9 cm³/mol. The highest BCUT2D eigenvalue weighted by atomic mass is 35.5. The third kappa shape index (κ3) is 3.99. The Morgan fingerprint density at radius 2 is 1.81 bits per heavy atom. The lowest BCUT2D eigenvalue weighted by atomic mass is 9.98. The summed E-state index contributed by atoms with van der Waals surface area (Å²) < 4.78 is 41.0. The van der Waals surface area contributed by atoms with Crippen molar-refractivity contribution in [3.05, 3.63) is 70.0 Å². The maximum absolute atomic E-state index is 14.0. The summed E-state index contributed by atoms with van der Waals surface area (Å²) in [5.74, 6) is -1.49. The number of hydrogen-bond acceptors (Lipinski definition) is 1. The molecule has 0 spiro atoms. The molecule has 0 aliphatic rings. The molecule has 1 nitrogen and oxygen atoms in total. The van der Waals surface area contributed by atoms with E-state index in [1.54, 1.807) is 12.1 Å². The number of hydrogen-bond donors (Lipinski definition) is 1. The summed E-state index contributed by atoms with van der Waals surface area (Å²) in [5.41, 5.74) is 0.584. The maximum atomic E-state index is 14.0. The highest BCUT2D eigenvalue weighted by Gasteiger charge is 2.18. The molecular formula is C16H15ClF3N. The molecule has 1 N–H and O–H groups in total. The molecule has 5 heteroatoms. The van der Waals surface area contributed by atoms with E-state index in [4.69, 9.17) is 11.6 Å². The van der Waals surface area contributed by atoms with Crippen molar-refractivity contribution in [1.82, 2.24) is 5.32 Å². The molecule has 1 atom stereocenters. The quantitative estimate of drug-likeness (QED) is 0.847. The zero-order valence-corrected chi connectivity index (χ0v) is 12.2. The van der Waals surface area contributed by atoms with Gasteiger partial charge >= 0.3 is 0 Å². The van der Waals surface area contributed by atoms with Crippen LogP contribution in [0.15, 0.2) is 36.4 Å². The lowest BCUT2D eigenvalue weighted by Gasteiger charge is -2.19. The lowest BCUT2D eigenvalue weighted by molar-refractivity contribution is 0.495. The largest absolute Gasteiger partial charge is 0.310 e. The summed E-state index contributed by atoms with van der Waals surface area (Å²) in [5, 5.41) is 3.38. The third-order valence-corrected chi connectivity index (χ3v) is 3.46. The van der Waals surface area contributed by atoms with Crippen LogP contribution in [0.5, 0.6) is 0 Å². The Kier molecular flexibility index (Phi) is 5.26. The van der Waals surface area contributed by atoms with E-state index in [-0.39, 0.29) is 12.0 Å². The molecule has 112 valence electrons. The van der Waals surface area contributed by atoms with Gasteiger partial charge in [0.05, 0.1) is 0 Å². The van der Waals surface area contributed by atoms with Crippen molar-refractivity contribution in [3.63, 3.8) is 0 Å². The van der Waals surface area contributed by atoms with Gasteiger partial charge in [-0.2, -0.15) is 0 Å². The molecule has 2 rings (SSSR count). The minimum absolute atomic E-state index is 0.149. The number of likely N-dealkylation sites (N-methyl/N-ethyl adjacent to an activating group) is 1. The van der Waals surface area contributed by atoms with E-state index in [0.29, 0.717) is 17.1 Å². The average Bonchev–Trinajstić information content (AvgIpc) is 2.42. The molecule has 0 aromatic heterocycles. The maximum Gasteiger partial charge on any atom is 0.129 e. The van der Waals surface area contributed by atoms with E-state index in [0.717, 1.165) is 18.2 Å². The first-order valence-electron chi connectivity index (χ1n) is 6.63. The topological polar surface area (TPSA) is 12.0 Å². The highest BCUT2D eigenvalue weighted by Crippen LogP contribution is 2.25. The van der Waals surface area contributed by atoms with Crippen molar-refractivity contribution >= 4 is 11.6 Å². The Morgan fingerprint density at radius 1 is 1.05 bits per heavy atom. The van der Waals surface area contributed by atoms with Crippen LogP contribution in [-0.4, -0.2) is 6.54 Å². The van der Waals surface area contributed by atoms with E-state index in [1.165, 1.54) is 6.07 Å². The fourth-order valence-electron chi connectivity index (χ4n) is 2.24. The van der Waals surface area contributed by atoms with Crippen molar-refractivity contribution < 1.29 is 13.2 Å². The van der Waals surface area contributed by atoms with Crippen molar-refractivity contribution in [3.8, 4) is 0 Å². The van der Waals surface area contributed by atoms with E-state index < -0.39 is 23.5 Å². The molecule has 0 saturated heterocycles. The van der Waals surface area contributed by atoms with Crippen molar-refractivity contribution in [2.24, 2.45) is 0 Å². The van der Waals surface area contributed by atoms with Crippen LogP contribution in [0.25, 0.3) is 0 Å². The Morgan fingerprint density at radius 3 is 2.48 bits per heavy atom. The van der Waals surface area contributed by atoms with Crippen LogP contribution in [0.1, 0.15) is 24.1 Å². The Bertz CT molecular complexity index is 631. The van der Waals surface area contributed by atoms with Crippen molar-refractivity contribution in [2.45, 2.75) is 19.4 Å². The second-order valence-corrected chi connectivity index (χ2v) is 5.15. The van der Waals surface area contributed by atoms with Gasteiger partial charge < -0.3 is 5.32 Å². The first-order valence-corrected chi connectivity index (χ1v) is 7.01. The molecule has 0 aliphatic carbocycles. The SMILES string of the molecule is CCNC(Cc1cc(F)ccc1F)c1ccc(Cl)cc1F. The van der Waals surface area contributed by atoms with Crippen LogP contribution in [0.3, 0.4) is 0 Å². The van der Waals surface area contributed by atoms with Crippen LogP contribution in [0.2, 0.25) is 5.02 Å². The molecule has 0 bridgehead atoms. The third-order valence-electron chi connectivity index (χ3n) is 3.22. The van der Waals surface area contributed by atoms with Gasteiger partial charge in [0.2, 0.25) is 0 Å². The van der Waals surface area contributed by atoms with Gasteiger partial charge in [-0.1, -0.05) is 24.6 Å². The van der Waals surface area contributed by atoms with Gasteiger partial charge in [-0.05, 0) is 48.9 Å². The molecule has 2 aromatic rings. The van der Waals surface area contributed by atoms with Gasteiger partial charge in [-0.25, -0.2) is 13.2 Å². The summed E-state index contributed by atoms with van der Waals surface area (Å²) in [7, 11) is 0. The van der Waals surface area contributed by atoms with E-state index in [1.807, 2.05) is 6.92 Å². The molecule has 0 amide bonds. The van der Waals surface area contributed by atoms with Crippen LogP contribution >= 0.6 is 11.6 Å². The highest BCUT2D eigenvalue weighted by molar-refractivity contribution is 6.30. The smallest absolute Gasteiger partial charge is 0.129 e. The van der Waals surface area contributed by atoms with Crippen LogP contribution in [0, 0.1) is 17.5 Å². The Hall–Kier alpha value is -1.52.